The van der Waals surface area contributed by atoms with Gasteiger partial charge in [0.15, 0.2) is 6.61 Å². The number of fused-ring (bicyclic) bond motifs is 1. The summed E-state index contributed by atoms with van der Waals surface area (Å²) in [4.78, 5) is 25.2. The molecule has 0 radical (unpaired) electrons. The van der Waals surface area contributed by atoms with Gasteiger partial charge >= 0.3 is 5.97 Å². The fourth-order valence-electron chi connectivity index (χ4n) is 2.15. The Morgan fingerprint density at radius 1 is 1.21 bits per heavy atom. The van der Waals surface area contributed by atoms with E-state index >= 15 is 0 Å². The molecular formula is C17H14FNO3S2. The van der Waals surface area contributed by atoms with Crippen molar-refractivity contribution in [2.24, 2.45) is 0 Å². The second-order valence-electron chi connectivity index (χ2n) is 5.05. The summed E-state index contributed by atoms with van der Waals surface area (Å²) < 4.78 is 19.0. The van der Waals surface area contributed by atoms with E-state index in [1.54, 1.807) is 23.5 Å². The van der Waals surface area contributed by atoms with E-state index < -0.39 is 5.97 Å². The van der Waals surface area contributed by atoms with Gasteiger partial charge in [-0.3, -0.25) is 4.79 Å². The van der Waals surface area contributed by atoms with Crippen LogP contribution < -0.4 is 5.32 Å². The number of ether oxygens (including phenoxy) is 1. The number of rotatable bonds is 6. The quantitative estimate of drug-likeness (QED) is 0.681. The molecule has 0 saturated carbocycles. The smallest absolute Gasteiger partial charge is 0.348 e. The Labute approximate surface area is 145 Å². The molecule has 7 heteroatoms. The average molecular weight is 363 g/mol. The van der Waals surface area contributed by atoms with Gasteiger partial charge in [0.25, 0.3) is 5.91 Å². The lowest BCUT2D eigenvalue weighted by Gasteiger charge is -2.05. The number of carbonyl (C=O) groups excluding carboxylic acids is 2. The first-order chi connectivity index (χ1) is 11.6. The minimum absolute atomic E-state index is 0.327. The van der Waals surface area contributed by atoms with E-state index in [1.165, 1.54) is 28.3 Å². The number of hydrogen-bond donors (Lipinski definition) is 1. The predicted octanol–water partition coefficient (Wildman–Crippen LogP) is 3.62. The Hall–Kier alpha value is -2.25. The first-order valence-corrected chi connectivity index (χ1v) is 8.97. The van der Waals surface area contributed by atoms with Crippen LogP contribution >= 0.6 is 22.7 Å². The van der Waals surface area contributed by atoms with Gasteiger partial charge in [0.2, 0.25) is 0 Å². The molecule has 24 heavy (non-hydrogen) atoms. The average Bonchev–Trinajstić information content (AvgIpc) is 3.21. The van der Waals surface area contributed by atoms with E-state index in [0.29, 0.717) is 16.8 Å². The normalized spacial score (nSPS) is 10.7. The van der Waals surface area contributed by atoms with E-state index in [9.17, 15) is 14.0 Å². The van der Waals surface area contributed by atoms with Crippen molar-refractivity contribution < 1.29 is 18.7 Å². The Morgan fingerprint density at radius 2 is 2.08 bits per heavy atom. The topological polar surface area (TPSA) is 55.4 Å². The van der Waals surface area contributed by atoms with E-state index in [-0.39, 0.29) is 18.3 Å². The van der Waals surface area contributed by atoms with Crippen LogP contribution in [0.4, 0.5) is 4.39 Å². The molecule has 1 amide bonds. The van der Waals surface area contributed by atoms with Gasteiger partial charge in [0, 0.05) is 16.1 Å². The van der Waals surface area contributed by atoms with Crippen LogP contribution in [-0.4, -0.2) is 25.0 Å². The number of hydrogen-bond acceptors (Lipinski definition) is 5. The standard InChI is InChI=1S/C17H14FNO3S2/c18-12-3-4-14-11(8-12)9-15(24-14)17(21)22-10-16(20)19-6-5-13-2-1-7-23-13/h1-4,7-9H,5-6,10H2,(H,19,20). The van der Waals surface area contributed by atoms with Crippen molar-refractivity contribution in [3.8, 4) is 0 Å². The molecule has 2 aromatic heterocycles. The summed E-state index contributed by atoms with van der Waals surface area (Å²) in [6.07, 6.45) is 0.749. The molecule has 3 rings (SSSR count). The fourth-order valence-corrected chi connectivity index (χ4v) is 3.79. The molecular weight excluding hydrogens is 349 g/mol. The van der Waals surface area contributed by atoms with Gasteiger partial charge in [-0.25, -0.2) is 9.18 Å². The van der Waals surface area contributed by atoms with Crippen LogP contribution in [0.3, 0.4) is 0 Å². The lowest BCUT2D eigenvalue weighted by molar-refractivity contribution is -0.124. The predicted molar refractivity (Wildman–Crippen MR) is 93.1 cm³/mol. The van der Waals surface area contributed by atoms with Gasteiger partial charge in [0.05, 0.1) is 0 Å². The van der Waals surface area contributed by atoms with Gasteiger partial charge in [-0.2, -0.15) is 0 Å². The van der Waals surface area contributed by atoms with Crippen molar-refractivity contribution in [1.82, 2.24) is 5.32 Å². The number of nitrogens with one attached hydrogen (secondary N) is 1. The van der Waals surface area contributed by atoms with Crippen LogP contribution in [0.5, 0.6) is 0 Å². The first kappa shape index (κ1) is 16.6. The maximum Gasteiger partial charge on any atom is 0.348 e. The number of thiophene rings is 2. The Bertz CT molecular complexity index is 858. The van der Waals surface area contributed by atoms with Crippen molar-refractivity contribution in [1.29, 1.82) is 0 Å². The third-order valence-corrected chi connectivity index (χ3v) is 5.32. The molecule has 2 heterocycles. The molecule has 0 spiro atoms. The highest BCUT2D eigenvalue weighted by atomic mass is 32.1. The highest BCUT2D eigenvalue weighted by molar-refractivity contribution is 7.20. The van der Waals surface area contributed by atoms with Gasteiger partial charge in [-0.1, -0.05) is 6.07 Å². The number of carbonyl (C=O) groups is 2. The third-order valence-electron chi connectivity index (χ3n) is 3.29. The molecule has 4 nitrogen and oxygen atoms in total. The Morgan fingerprint density at radius 3 is 2.88 bits per heavy atom. The first-order valence-electron chi connectivity index (χ1n) is 7.27. The minimum atomic E-state index is -0.579. The highest BCUT2D eigenvalue weighted by Gasteiger charge is 2.14. The van der Waals surface area contributed by atoms with Crippen molar-refractivity contribution in [2.75, 3.05) is 13.2 Å². The monoisotopic (exact) mass is 363 g/mol. The van der Waals surface area contributed by atoms with Crippen molar-refractivity contribution in [3.63, 3.8) is 0 Å². The molecule has 124 valence electrons. The largest absolute Gasteiger partial charge is 0.451 e. The van der Waals surface area contributed by atoms with E-state index in [1.807, 2.05) is 17.5 Å². The van der Waals surface area contributed by atoms with Crippen molar-refractivity contribution in [2.45, 2.75) is 6.42 Å². The van der Waals surface area contributed by atoms with Crippen LogP contribution in [0, 0.1) is 5.82 Å². The zero-order chi connectivity index (χ0) is 16.9. The number of benzene rings is 1. The van der Waals surface area contributed by atoms with Crippen LogP contribution in [0.2, 0.25) is 0 Å². The summed E-state index contributed by atoms with van der Waals surface area (Å²) in [6.45, 7) is 0.172. The molecule has 0 fully saturated rings. The maximum absolute atomic E-state index is 13.2. The fraction of sp³-hybridized carbons (Fsp3) is 0.176. The van der Waals surface area contributed by atoms with Gasteiger partial charge < -0.3 is 10.1 Å². The van der Waals surface area contributed by atoms with Crippen LogP contribution in [0.15, 0.2) is 41.8 Å². The molecule has 0 aliphatic heterocycles. The van der Waals surface area contributed by atoms with Gasteiger partial charge in [-0.15, -0.1) is 22.7 Å². The molecule has 0 aliphatic rings. The van der Waals surface area contributed by atoms with E-state index in [0.717, 1.165) is 11.1 Å². The van der Waals surface area contributed by atoms with Crippen molar-refractivity contribution in [3.05, 3.63) is 57.3 Å². The van der Waals surface area contributed by atoms with Gasteiger partial charge in [-0.05, 0) is 47.5 Å². The Kier molecular flexibility index (Phi) is 5.22. The minimum Gasteiger partial charge on any atom is -0.451 e. The summed E-state index contributed by atoms with van der Waals surface area (Å²) in [5.74, 6) is -1.28. The highest BCUT2D eigenvalue weighted by Crippen LogP contribution is 2.26. The second kappa shape index (κ2) is 7.55. The van der Waals surface area contributed by atoms with Gasteiger partial charge in [0.1, 0.15) is 10.7 Å². The molecule has 0 aliphatic carbocycles. The Balaban J connectivity index is 1.48. The maximum atomic E-state index is 13.2. The zero-order valence-corrected chi connectivity index (χ0v) is 14.2. The zero-order valence-electron chi connectivity index (χ0n) is 12.6. The summed E-state index contributed by atoms with van der Waals surface area (Å²) >= 11 is 2.84. The molecule has 0 atom stereocenters. The summed E-state index contributed by atoms with van der Waals surface area (Å²) in [5, 5.41) is 5.33. The van der Waals surface area contributed by atoms with Crippen LogP contribution in [0.25, 0.3) is 10.1 Å². The number of halogens is 1. The van der Waals surface area contributed by atoms with Crippen molar-refractivity contribution >= 4 is 44.6 Å². The molecule has 1 aromatic carbocycles. The molecule has 0 bridgehead atoms. The molecule has 1 N–H and O–H groups in total. The number of amides is 1. The SMILES string of the molecule is O=C(COC(=O)c1cc2cc(F)ccc2s1)NCCc1cccs1. The van der Waals surface area contributed by atoms with Crippen LogP contribution in [-0.2, 0) is 16.0 Å². The third kappa shape index (κ3) is 4.18. The molecule has 0 unspecified atom stereocenters. The lowest BCUT2D eigenvalue weighted by Crippen LogP contribution is -2.30. The molecule has 3 aromatic rings. The summed E-state index contributed by atoms with van der Waals surface area (Å²) in [7, 11) is 0. The molecule has 0 saturated heterocycles. The van der Waals surface area contributed by atoms with Crippen LogP contribution in [0.1, 0.15) is 14.5 Å². The summed E-state index contributed by atoms with van der Waals surface area (Å²) in [5.41, 5.74) is 0. The summed E-state index contributed by atoms with van der Waals surface area (Å²) in [6, 6.07) is 9.85. The lowest BCUT2D eigenvalue weighted by atomic mass is 10.2. The second-order valence-corrected chi connectivity index (χ2v) is 7.16. The number of esters is 1. The van der Waals surface area contributed by atoms with E-state index in [4.69, 9.17) is 4.74 Å². The van der Waals surface area contributed by atoms with E-state index in [2.05, 4.69) is 5.32 Å².